The van der Waals surface area contributed by atoms with Crippen molar-refractivity contribution in [3.63, 3.8) is 0 Å². The molecule has 0 fully saturated rings. The molecule has 0 spiro atoms. The van der Waals surface area contributed by atoms with Crippen molar-refractivity contribution in [2.75, 3.05) is 5.32 Å². The molecule has 1 aliphatic rings. The molecule has 1 heterocycles. The highest BCUT2D eigenvalue weighted by Crippen LogP contribution is 2.30. The quantitative estimate of drug-likeness (QED) is 0.896. The molecule has 1 unspecified atom stereocenters. The van der Waals surface area contributed by atoms with Crippen molar-refractivity contribution in [1.29, 1.82) is 0 Å². The van der Waals surface area contributed by atoms with Gasteiger partial charge in [-0.15, -0.1) is 0 Å². The largest absolute Gasteiger partial charge is 0.389 e. The minimum Gasteiger partial charge on any atom is -0.389 e. The minimum atomic E-state index is -0.553. The second kappa shape index (κ2) is 5.91. The van der Waals surface area contributed by atoms with Gasteiger partial charge in [-0.05, 0) is 42.2 Å². The molecule has 2 aromatic rings. The predicted octanol–water partition coefficient (Wildman–Crippen LogP) is 3.88. The van der Waals surface area contributed by atoms with Gasteiger partial charge in [0.05, 0.1) is 17.1 Å². The van der Waals surface area contributed by atoms with Gasteiger partial charge >= 0.3 is 0 Å². The van der Waals surface area contributed by atoms with Crippen molar-refractivity contribution in [2.45, 2.75) is 40.2 Å². The third kappa shape index (κ3) is 3.26. The Morgan fingerprint density at radius 2 is 2.08 bits per heavy atom. The molecule has 126 valence electrons. The molecular formula is C19H23N3O2. The van der Waals surface area contributed by atoms with E-state index in [-0.39, 0.29) is 11.3 Å². The van der Waals surface area contributed by atoms with Crippen molar-refractivity contribution in [3.8, 4) is 0 Å². The van der Waals surface area contributed by atoms with Crippen molar-refractivity contribution in [2.24, 2.45) is 5.41 Å². The van der Waals surface area contributed by atoms with Gasteiger partial charge in [-0.2, -0.15) is 0 Å². The number of amides is 1. The molecule has 0 radical (unpaired) electrons. The van der Waals surface area contributed by atoms with E-state index in [0.29, 0.717) is 12.4 Å². The number of rotatable bonds is 4. The molecule has 5 nitrogen and oxygen atoms in total. The summed E-state index contributed by atoms with van der Waals surface area (Å²) < 4.78 is 1.92. The van der Waals surface area contributed by atoms with Crippen LogP contribution in [0.2, 0.25) is 0 Å². The summed E-state index contributed by atoms with van der Waals surface area (Å²) in [7, 11) is 0. The summed E-state index contributed by atoms with van der Waals surface area (Å²) >= 11 is 0. The van der Waals surface area contributed by atoms with Crippen LogP contribution in [0.1, 0.15) is 45.8 Å². The molecule has 1 aromatic heterocycles. The molecule has 0 saturated carbocycles. The number of hydrogen-bond donors (Lipinski definition) is 2. The SMILES string of the molecule is CC(O)c1ccc2nc(NC(=O)CC(C)(C)C)n(C3=CC=C3)c2c1. The highest BCUT2D eigenvalue weighted by molar-refractivity contribution is 5.94. The maximum atomic E-state index is 12.3. The molecular weight excluding hydrogens is 302 g/mol. The lowest BCUT2D eigenvalue weighted by Gasteiger charge is -2.18. The standard InChI is InChI=1S/C19H23N3O2/c1-12(23)13-8-9-15-16(10-13)22(14-6-5-7-14)18(20-15)21-17(24)11-19(2,3)4/h5-10,12,23H,11H2,1-4H3,(H,20,21,24). The van der Waals surface area contributed by atoms with Crippen LogP contribution in [0.25, 0.3) is 16.7 Å². The number of aliphatic hydroxyl groups is 1. The number of aromatic nitrogens is 2. The zero-order chi connectivity index (χ0) is 17.5. The Labute approximate surface area is 141 Å². The number of carbonyl (C=O) groups excluding carboxylic acids is 1. The maximum absolute atomic E-state index is 12.3. The summed E-state index contributed by atoms with van der Waals surface area (Å²) in [4.78, 5) is 16.9. The molecule has 1 aromatic carbocycles. The minimum absolute atomic E-state index is 0.0568. The fourth-order valence-electron chi connectivity index (χ4n) is 2.68. The second-order valence-electron chi connectivity index (χ2n) is 7.43. The van der Waals surface area contributed by atoms with E-state index < -0.39 is 6.10 Å². The fourth-order valence-corrected chi connectivity index (χ4v) is 2.68. The summed E-state index contributed by atoms with van der Waals surface area (Å²) in [5.74, 6) is 0.455. The van der Waals surface area contributed by atoms with E-state index in [1.54, 1.807) is 6.92 Å². The highest BCUT2D eigenvalue weighted by Gasteiger charge is 2.21. The Morgan fingerprint density at radius 1 is 1.38 bits per heavy atom. The number of benzene rings is 1. The number of hydrogen-bond acceptors (Lipinski definition) is 3. The summed E-state index contributed by atoms with van der Waals surface area (Å²) in [6, 6.07) is 5.64. The van der Waals surface area contributed by atoms with E-state index in [0.717, 1.165) is 22.3 Å². The molecule has 0 saturated heterocycles. The first-order valence-corrected chi connectivity index (χ1v) is 8.14. The normalized spacial score (nSPS) is 15.1. The zero-order valence-corrected chi connectivity index (χ0v) is 14.5. The molecule has 1 aliphatic carbocycles. The van der Waals surface area contributed by atoms with Crippen LogP contribution < -0.4 is 5.32 Å². The molecule has 5 heteroatoms. The van der Waals surface area contributed by atoms with E-state index in [1.165, 1.54) is 0 Å². The van der Waals surface area contributed by atoms with Crippen LogP contribution in [-0.2, 0) is 4.79 Å². The number of fused-ring (bicyclic) bond motifs is 1. The van der Waals surface area contributed by atoms with Gasteiger partial charge in [0, 0.05) is 12.1 Å². The molecule has 1 atom stereocenters. The van der Waals surface area contributed by atoms with Crippen LogP contribution in [0.3, 0.4) is 0 Å². The van der Waals surface area contributed by atoms with Gasteiger partial charge in [-0.3, -0.25) is 14.7 Å². The number of aliphatic hydroxyl groups excluding tert-OH is 1. The van der Waals surface area contributed by atoms with Gasteiger partial charge in [-0.1, -0.05) is 32.9 Å². The Balaban J connectivity index is 2.02. The molecule has 0 bridgehead atoms. The lowest BCUT2D eigenvalue weighted by atomic mass is 9.92. The van der Waals surface area contributed by atoms with Crippen molar-refractivity contribution in [3.05, 3.63) is 42.0 Å². The lowest BCUT2D eigenvalue weighted by molar-refractivity contribution is -0.117. The average Bonchev–Trinajstić information content (AvgIpc) is 2.72. The number of anilines is 1. The van der Waals surface area contributed by atoms with E-state index in [4.69, 9.17) is 0 Å². The monoisotopic (exact) mass is 325 g/mol. The van der Waals surface area contributed by atoms with Crippen LogP contribution in [0.15, 0.2) is 36.4 Å². The highest BCUT2D eigenvalue weighted by atomic mass is 16.3. The lowest BCUT2D eigenvalue weighted by Crippen LogP contribution is -2.21. The molecule has 24 heavy (non-hydrogen) atoms. The van der Waals surface area contributed by atoms with E-state index in [2.05, 4.69) is 10.3 Å². The van der Waals surface area contributed by atoms with Gasteiger partial charge in [0.2, 0.25) is 11.9 Å². The maximum Gasteiger partial charge on any atom is 0.227 e. The van der Waals surface area contributed by atoms with Gasteiger partial charge in [0.15, 0.2) is 0 Å². The fraction of sp³-hybridized carbons (Fsp3) is 0.368. The summed E-state index contributed by atoms with van der Waals surface area (Å²) in [5.41, 5.74) is 3.35. The molecule has 1 amide bonds. The predicted molar refractivity (Wildman–Crippen MR) is 96.5 cm³/mol. The van der Waals surface area contributed by atoms with Crippen LogP contribution in [-0.4, -0.2) is 20.6 Å². The van der Waals surface area contributed by atoms with E-state index in [9.17, 15) is 9.90 Å². The number of allylic oxidation sites excluding steroid dienone is 4. The van der Waals surface area contributed by atoms with Gasteiger partial charge in [0.25, 0.3) is 0 Å². The molecule has 0 aliphatic heterocycles. The Bertz CT molecular complexity index is 851. The Morgan fingerprint density at radius 3 is 2.62 bits per heavy atom. The third-order valence-corrected chi connectivity index (χ3v) is 3.90. The first-order chi connectivity index (χ1) is 11.2. The topological polar surface area (TPSA) is 67.2 Å². The number of imidazole rings is 1. The first-order valence-electron chi connectivity index (χ1n) is 8.14. The third-order valence-electron chi connectivity index (χ3n) is 3.90. The van der Waals surface area contributed by atoms with Crippen molar-refractivity contribution < 1.29 is 9.90 Å². The van der Waals surface area contributed by atoms with Crippen molar-refractivity contribution >= 4 is 28.6 Å². The second-order valence-corrected chi connectivity index (χ2v) is 7.43. The van der Waals surface area contributed by atoms with Gasteiger partial charge < -0.3 is 5.11 Å². The Kier molecular flexibility index (Phi) is 4.05. The Hall–Kier alpha value is -2.40. The first kappa shape index (κ1) is 16.5. The smallest absolute Gasteiger partial charge is 0.227 e. The molecule has 2 N–H and O–H groups in total. The zero-order valence-electron chi connectivity index (χ0n) is 14.5. The van der Waals surface area contributed by atoms with Crippen LogP contribution >= 0.6 is 0 Å². The van der Waals surface area contributed by atoms with Crippen LogP contribution in [0.4, 0.5) is 5.95 Å². The van der Waals surface area contributed by atoms with Crippen LogP contribution in [0, 0.1) is 5.41 Å². The molecule has 3 rings (SSSR count). The van der Waals surface area contributed by atoms with Gasteiger partial charge in [-0.25, -0.2) is 4.98 Å². The van der Waals surface area contributed by atoms with E-state index in [1.807, 2.05) is 61.8 Å². The summed E-state index contributed by atoms with van der Waals surface area (Å²) in [6.07, 6.45) is 5.75. The summed E-state index contributed by atoms with van der Waals surface area (Å²) in [6.45, 7) is 7.82. The van der Waals surface area contributed by atoms with Crippen LogP contribution in [0.5, 0.6) is 0 Å². The van der Waals surface area contributed by atoms with E-state index >= 15 is 0 Å². The van der Waals surface area contributed by atoms with Gasteiger partial charge in [0.1, 0.15) is 0 Å². The average molecular weight is 325 g/mol. The number of carbonyl (C=O) groups is 1. The number of nitrogens with one attached hydrogen (secondary N) is 1. The summed E-state index contributed by atoms with van der Waals surface area (Å²) in [5, 5.41) is 12.8. The van der Waals surface area contributed by atoms with Crippen molar-refractivity contribution in [1.82, 2.24) is 9.55 Å². The number of nitrogens with zero attached hydrogens (tertiary/aromatic N) is 2.